The van der Waals surface area contributed by atoms with E-state index in [0.717, 1.165) is 5.56 Å². The molecule has 0 aliphatic rings. The summed E-state index contributed by atoms with van der Waals surface area (Å²) >= 11 is 0. The van der Waals surface area contributed by atoms with E-state index in [-0.39, 0.29) is 12.5 Å². The second-order valence-corrected chi connectivity index (χ2v) is 5.29. The minimum absolute atomic E-state index is 0.0892. The van der Waals surface area contributed by atoms with Crippen molar-refractivity contribution in [3.8, 4) is 23.0 Å². The van der Waals surface area contributed by atoms with E-state index in [1.165, 1.54) is 0 Å². The van der Waals surface area contributed by atoms with Gasteiger partial charge >= 0.3 is 0 Å². The SMILES string of the molecule is COc1ccccc1OCCNC(=O)COc1ccc(C)cc1OC. The number of para-hydroxylation sites is 2. The molecule has 1 amide bonds. The number of ether oxygens (including phenoxy) is 4. The predicted molar refractivity (Wildman–Crippen MR) is 94.7 cm³/mol. The van der Waals surface area contributed by atoms with Crippen molar-refractivity contribution in [1.29, 1.82) is 0 Å². The van der Waals surface area contributed by atoms with Crippen LogP contribution in [0.2, 0.25) is 0 Å². The first-order valence-corrected chi connectivity index (χ1v) is 7.94. The van der Waals surface area contributed by atoms with Gasteiger partial charge in [-0.05, 0) is 36.8 Å². The summed E-state index contributed by atoms with van der Waals surface area (Å²) in [4.78, 5) is 11.9. The summed E-state index contributed by atoms with van der Waals surface area (Å²) in [7, 11) is 3.15. The zero-order chi connectivity index (χ0) is 18.1. The highest BCUT2D eigenvalue weighted by molar-refractivity contribution is 5.77. The van der Waals surface area contributed by atoms with Crippen molar-refractivity contribution >= 4 is 5.91 Å². The Morgan fingerprint density at radius 2 is 1.60 bits per heavy atom. The van der Waals surface area contributed by atoms with Crippen molar-refractivity contribution in [2.45, 2.75) is 6.92 Å². The molecule has 1 N–H and O–H groups in total. The molecular weight excluding hydrogens is 322 g/mol. The van der Waals surface area contributed by atoms with Gasteiger partial charge in [0.2, 0.25) is 0 Å². The van der Waals surface area contributed by atoms with Gasteiger partial charge in [-0.15, -0.1) is 0 Å². The molecule has 0 spiro atoms. The number of carbonyl (C=O) groups is 1. The molecule has 0 aliphatic carbocycles. The maximum Gasteiger partial charge on any atom is 0.258 e. The van der Waals surface area contributed by atoms with Crippen molar-refractivity contribution in [2.24, 2.45) is 0 Å². The van der Waals surface area contributed by atoms with Gasteiger partial charge in [0.1, 0.15) is 6.61 Å². The number of amides is 1. The zero-order valence-corrected chi connectivity index (χ0v) is 14.7. The maximum atomic E-state index is 11.9. The molecule has 0 atom stereocenters. The third-order valence-corrected chi connectivity index (χ3v) is 3.43. The topological polar surface area (TPSA) is 66.0 Å². The molecule has 25 heavy (non-hydrogen) atoms. The minimum atomic E-state index is -0.230. The van der Waals surface area contributed by atoms with Gasteiger partial charge in [-0.25, -0.2) is 0 Å². The van der Waals surface area contributed by atoms with Crippen LogP contribution >= 0.6 is 0 Å². The van der Waals surface area contributed by atoms with Gasteiger partial charge in [0, 0.05) is 0 Å². The lowest BCUT2D eigenvalue weighted by molar-refractivity contribution is -0.123. The first-order valence-electron chi connectivity index (χ1n) is 7.94. The molecule has 134 valence electrons. The number of aryl methyl sites for hydroxylation is 1. The maximum absolute atomic E-state index is 11.9. The van der Waals surface area contributed by atoms with Crippen LogP contribution in [0.15, 0.2) is 42.5 Å². The Labute approximate surface area is 147 Å². The number of benzene rings is 2. The molecule has 6 nitrogen and oxygen atoms in total. The van der Waals surface area contributed by atoms with Gasteiger partial charge in [-0.2, -0.15) is 0 Å². The Balaban J connectivity index is 1.72. The summed E-state index contributed by atoms with van der Waals surface area (Å²) in [5.41, 5.74) is 1.06. The fourth-order valence-electron chi connectivity index (χ4n) is 2.18. The van der Waals surface area contributed by atoms with Crippen molar-refractivity contribution in [2.75, 3.05) is 34.0 Å². The summed E-state index contributed by atoms with van der Waals surface area (Å²) in [5.74, 6) is 2.20. The molecule has 2 aromatic rings. The summed E-state index contributed by atoms with van der Waals surface area (Å²) in [6, 6.07) is 12.9. The normalized spacial score (nSPS) is 10.0. The Kier molecular flexibility index (Phi) is 6.95. The molecule has 6 heteroatoms. The van der Waals surface area contributed by atoms with Crippen LogP contribution in [-0.2, 0) is 4.79 Å². The van der Waals surface area contributed by atoms with Crippen molar-refractivity contribution in [3.05, 3.63) is 48.0 Å². The van der Waals surface area contributed by atoms with E-state index in [1.807, 2.05) is 43.3 Å². The summed E-state index contributed by atoms with van der Waals surface area (Å²) in [5, 5.41) is 2.74. The van der Waals surface area contributed by atoms with Crippen LogP contribution in [0.25, 0.3) is 0 Å². The van der Waals surface area contributed by atoms with E-state index < -0.39 is 0 Å². The number of rotatable bonds is 9. The highest BCUT2D eigenvalue weighted by atomic mass is 16.5. The van der Waals surface area contributed by atoms with E-state index in [1.54, 1.807) is 20.3 Å². The smallest absolute Gasteiger partial charge is 0.258 e. The van der Waals surface area contributed by atoms with Gasteiger partial charge in [0.25, 0.3) is 5.91 Å². The lowest BCUT2D eigenvalue weighted by Crippen LogP contribution is -2.32. The molecule has 2 aromatic carbocycles. The summed E-state index contributed by atoms with van der Waals surface area (Å²) < 4.78 is 21.5. The molecule has 0 bridgehead atoms. The van der Waals surface area contributed by atoms with Crippen LogP contribution in [0.4, 0.5) is 0 Å². The van der Waals surface area contributed by atoms with Gasteiger partial charge in [-0.1, -0.05) is 18.2 Å². The average molecular weight is 345 g/mol. The molecule has 0 fully saturated rings. The fraction of sp³-hybridized carbons (Fsp3) is 0.316. The van der Waals surface area contributed by atoms with Crippen molar-refractivity contribution < 1.29 is 23.7 Å². The standard InChI is InChI=1S/C19H23NO5/c1-14-8-9-17(18(12-14)23-3)25-13-19(21)20-10-11-24-16-7-5-4-6-15(16)22-2/h4-9,12H,10-11,13H2,1-3H3,(H,20,21). The number of hydrogen-bond donors (Lipinski definition) is 1. The van der Waals surface area contributed by atoms with E-state index in [2.05, 4.69) is 5.32 Å². The van der Waals surface area contributed by atoms with Gasteiger partial charge in [-0.3, -0.25) is 4.79 Å². The minimum Gasteiger partial charge on any atom is -0.493 e. The molecule has 0 radical (unpaired) electrons. The van der Waals surface area contributed by atoms with Crippen LogP contribution in [0.3, 0.4) is 0 Å². The van der Waals surface area contributed by atoms with E-state index in [4.69, 9.17) is 18.9 Å². The third-order valence-electron chi connectivity index (χ3n) is 3.43. The van der Waals surface area contributed by atoms with Gasteiger partial charge < -0.3 is 24.3 Å². The zero-order valence-electron chi connectivity index (χ0n) is 14.7. The first-order chi connectivity index (χ1) is 12.1. The molecule has 2 rings (SSSR count). The summed E-state index contributed by atoms with van der Waals surface area (Å²) in [6.07, 6.45) is 0. The summed E-state index contributed by atoms with van der Waals surface area (Å²) in [6.45, 7) is 2.57. The molecular formula is C19H23NO5. The van der Waals surface area contributed by atoms with Crippen LogP contribution in [0.1, 0.15) is 5.56 Å². The molecule has 0 aromatic heterocycles. The second-order valence-electron chi connectivity index (χ2n) is 5.29. The largest absolute Gasteiger partial charge is 0.493 e. The van der Waals surface area contributed by atoms with Crippen molar-refractivity contribution in [3.63, 3.8) is 0 Å². The number of nitrogens with one attached hydrogen (secondary N) is 1. The van der Waals surface area contributed by atoms with Crippen LogP contribution in [0, 0.1) is 6.92 Å². The predicted octanol–water partition coefficient (Wildman–Crippen LogP) is 2.59. The first kappa shape index (κ1) is 18.4. The van der Waals surface area contributed by atoms with E-state index in [9.17, 15) is 4.79 Å². The van der Waals surface area contributed by atoms with Crippen molar-refractivity contribution in [1.82, 2.24) is 5.32 Å². The molecule has 0 saturated heterocycles. The fourth-order valence-corrected chi connectivity index (χ4v) is 2.18. The Bertz CT molecular complexity index is 702. The Morgan fingerprint density at radius 3 is 2.32 bits per heavy atom. The Hall–Kier alpha value is -2.89. The number of methoxy groups -OCH3 is 2. The number of hydrogen-bond acceptors (Lipinski definition) is 5. The lowest BCUT2D eigenvalue weighted by atomic mass is 10.2. The highest BCUT2D eigenvalue weighted by Crippen LogP contribution is 2.27. The highest BCUT2D eigenvalue weighted by Gasteiger charge is 2.08. The van der Waals surface area contributed by atoms with Crippen LogP contribution in [-0.4, -0.2) is 39.9 Å². The molecule has 0 saturated carbocycles. The monoisotopic (exact) mass is 345 g/mol. The molecule has 0 heterocycles. The molecule has 0 aliphatic heterocycles. The second kappa shape index (κ2) is 9.42. The lowest BCUT2D eigenvalue weighted by Gasteiger charge is -2.12. The average Bonchev–Trinajstić information content (AvgIpc) is 2.64. The van der Waals surface area contributed by atoms with Crippen LogP contribution in [0.5, 0.6) is 23.0 Å². The third kappa shape index (κ3) is 5.60. The quantitative estimate of drug-likeness (QED) is 0.708. The van der Waals surface area contributed by atoms with E-state index >= 15 is 0 Å². The van der Waals surface area contributed by atoms with E-state index in [0.29, 0.717) is 36.1 Å². The molecule has 0 unspecified atom stereocenters. The number of carbonyl (C=O) groups excluding carboxylic acids is 1. The van der Waals surface area contributed by atoms with Crippen LogP contribution < -0.4 is 24.3 Å². The van der Waals surface area contributed by atoms with Gasteiger partial charge in [0.15, 0.2) is 29.6 Å². The van der Waals surface area contributed by atoms with Gasteiger partial charge in [0.05, 0.1) is 20.8 Å². The Morgan fingerprint density at radius 1 is 0.920 bits per heavy atom.